The molecule has 2 aromatic rings. The van der Waals surface area contributed by atoms with E-state index in [4.69, 9.17) is 14.6 Å². The molecule has 2 aliphatic heterocycles. The Morgan fingerprint density at radius 1 is 1.44 bits per heavy atom. The summed E-state index contributed by atoms with van der Waals surface area (Å²) >= 11 is 4.60. The van der Waals surface area contributed by atoms with Crippen LogP contribution < -0.4 is 5.32 Å². The summed E-state index contributed by atoms with van der Waals surface area (Å²) in [6, 6.07) is 6.26. The van der Waals surface area contributed by atoms with Crippen molar-refractivity contribution in [2.45, 2.75) is 19.5 Å². The highest BCUT2D eigenvalue weighted by molar-refractivity contribution is 9.10. The van der Waals surface area contributed by atoms with E-state index in [1.165, 1.54) is 23.5 Å². The van der Waals surface area contributed by atoms with Gasteiger partial charge >= 0.3 is 5.97 Å². The van der Waals surface area contributed by atoms with Gasteiger partial charge in [0.15, 0.2) is 10.8 Å². The van der Waals surface area contributed by atoms with Crippen LogP contribution in [0.25, 0.3) is 0 Å². The molecule has 0 spiro atoms. The maximum atomic E-state index is 13.7. The van der Waals surface area contributed by atoms with Crippen LogP contribution in [0.5, 0.6) is 0 Å². The number of rotatable bonds is 5. The molecule has 1 fully saturated rings. The molecule has 1 aromatic carbocycles. The molecule has 2 aliphatic rings. The minimum Gasteiger partial charge on any atom is -0.483 e. The highest BCUT2D eigenvalue weighted by Gasteiger charge is 2.39. The molecule has 12 heteroatoms. The minimum atomic E-state index is -1.15. The van der Waals surface area contributed by atoms with Crippen LogP contribution in [0.1, 0.15) is 18.9 Å². The Labute approximate surface area is 208 Å². The van der Waals surface area contributed by atoms with Crippen LogP contribution in [0.15, 0.2) is 56.6 Å². The number of carboxylic acid groups (broad SMARTS) is 1. The number of benzene rings is 1. The van der Waals surface area contributed by atoms with Crippen molar-refractivity contribution in [3.8, 4) is 0 Å². The highest BCUT2D eigenvalue weighted by Crippen LogP contribution is 2.26. The summed E-state index contributed by atoms with van der Waals surface area (Å²) in [5, 5.41) is 12.7. The lowest BCUT2D eigenvalue weighted by atomic mass is 9.98. The van der Waals surface area contributed by atoms with Crippen molar-refractivity contribution < 1.29 is 28.2 Å². The van der Waals surface area contributed by atoms with Gasteiger partial charge in [-0.05, 0) is 32.0 Å². The Morgan fingerprint density at radius 2 is 2.15 bits per heavy atom. The predicted molar refractivity (Wildman–Crippen MR) is 129 cm³/mol. The molecule has 3 heterocycles. The van der Waals surface area contributed by atoms with Crippen molar-refractivity contribution in [2.75, 3.05) is 32.8 Å². The van der Waals surface area contributed by atoms with E-state index in [0.717, 1.165) is 15.2 Å². The van der Waals surface area contributed by atoms with E-state index in [1.54, 1.807) is 32.2 Å². The second kappa shape index (κ2) is 13.3. The third kappa shape index (κ3) is 8.58. The highest BCUT2D eigenvalue weighted by atomic mass is 79.9. The van der Waals surface area contributed by atoms with Gasteiger partial charge in [-0.25, -0.2) is 18.6 Å². The Hall–Kier alpha value is -2.70. The third-order valence-electron chi connectivity index (χ3n) is 4.46. The van der Waals surface area contributed by atoms with Gasteiger partial charge in [0.2, 0.25) is 0 Å². The van der Waals surface area contributed by atoms with Gasteiger partial charge < -0.3 is 15.2 Å². The number of thiazole rings is 1. The second-order valence-corrected chi connectivity index (χ2v) is 9.22. The van der Waals surface area contributed by atoms with Gasteiger partial charge in [0.25, 0.3) is 6.47 Å². The predicted octanol–water partition coefficient (Wildman–Crippen LogP) is 3.64. The van der Waals surface area contributed by atoms with Crippen molar-refractivity contribution in [3.63, 3.8) is 0 Å². The van der Waals surface area contributed by atoms with Gasteiger partial charge in [-0.2, -0.15) is 0 Å². The molecule has 184 valence electrons. The zero-order valence-electron chi connectivity index (χ0n) is 18.6. The fraction of sp³-hybridized carbons (Fsp3) is 0.364. The lowest BCUT2D eigenvalue weighted by Gasteiger charge is -2.43. The molecular weight excluding hydrogens is 534 g/mol. The first kappa shape index (κ1) is 27.5. The molecule has 0 radical (unpaired) electrons. The Morgan fingerprint density at radius 3 is 2.65 bits per heavy atom. The van der Waals surface area contributed by atoms with Crippen molar-refractivity contribution >= 4 is 45.5 Å². The molecule has 0 bridgehead atoms. The molecule has 34 heavy (non-hydrogen) atoms. The van der Waals surface area contributed by atoms with Gasteiger partial charge in [-0.1, -0.05) is 22.0 Å². The largest absolute Gasteiger partial charge is 0.483 e. The van der Waals surface area contributed by atoms with Crippen molar-refractivity contribution in [2.24, 2.45) is 4.99 Å². The van der Waals surface area contributed by atoms with Crippen LogP contribution in [0.4, 0.5) is 8.78 Å². The Balaban J connectivity index is 0.000000309. The van der Waals surface area contributed by atoms with Crippen LogP contribution in [-0.4, -0.2) is 71.7 Å². The number of ether oxygens (including phenoxy) is 1. The van der Waals surface area contributed by atoms with E-state index in [-0.39, 0.29) is 24.8 Å². The molecule has 2 N–H and O–H groups in total. The first-order valence-electron chi connectivity index (χ1n) is 10.2. The molecular formula is C22H25BrF2N4O4S. The number of nitrogens with zero attached hydrogens (tertiary/aromatic N) is 3. The van der Waals surface area contributed by atoms with E-state index in [9.17, 15) is 13.6 Å². The molecule has 0 saturated carbocycles. The number of hydrogen-bond acceptors (Lipinski definition) is 8. The van der Waals surface area contributed by atoms with Crippen molar-refractivity contribution in [3.05, 3.63) is 62.4 Å². The van der Waals surface area contributed by atoms with Gasteiger partial charge in [0.1, 0.15) is 11.5 Å². The molecule has 0 unspecified atom stereocenters. The van der Waals surface area contributed by atoms with Crippen LogP contribution >= 0.6 is 27.3 Å². The number of amidine groups is 1. The van der Waals surface area contributed by atoms with E-state index >= 15 is 0 Å². The fourth-order valence-electron chi connectivity index (χ4n) is 3.20. The molecule has 4 rings (SSSR count). The van der Waals surface area contributed by atoms with Crippen molar-refractivity contribution in [1.29, 1.82) is 0 Å². The number of aliphatic imine (C=N–C) groups is 1. The van der Waals surface area contributed by atoms with E-state index in [0.29, 0.717) is 37.6 Å². The molecule has 0 aliphatic carbocycles. The molecule has 1 saturated heterocycles. The molecule has 0 amide bonds. The SMILES string of the molecule is CCOC(=O)C1=C(CN2CC(C)(F)C2)NC(c2nccs2)=NC1.Fc1cccc(Br)c1.O=CO. The number of hydrogen-bond donors (Lipinski definition) is 2. The number of nitrogens with one attached hydrogen (secondary N) is 1. The molecule has 0 atom stereocenters. The summed E-state index contributed by atoms with van der Waals surface area (Å²) < 4.78 is 31.7. The smallest absolute Gasteiger partial charge is 0.337 e. The van der Waals surface area contributed by atoms with Gasteiger partial charge in [0, 0.05) is 41.4 Å². The number of carbonyl (C=O) groups is 2. The maximum Gasteiger partial charge on any atom is 0.337 e. The number of aromatic nitrogens is 1. The normalized spacial score (nSPS) is 16.4. The number of alkyl halides is 1. The van der Waals surface area contributed by atoms with Crippen LogP contribution in [0.2, 0.25) is 0 Å². The van der Waals surface area contributed by atoms with E-state index in [2.05, 4.69) is 31.2 Å². The average Bonchev–Trinajstić information content (AvgIpc) is 3.28. The van der Waals surface area contributed by atoms with Crippen LogP contribution in [0.3, 0.4) is 0 Å². The first-order chi connectivity index (χ1) is 16.2. The average molecular weight is 559 g/mol. The summed E-state index contributed by atoms with van der Waals surface area (Å²) in [6.07, 6.45) is 1.71. The van der Waals surface area contributed by atoms with Crippen LogP contribution in [-0.2, 0) is 14.3 Å². The number of likely N-dealkylation sites (tertiary alicyclic amines) is 1. The first-order valence-corrected chi connectivity index (χ1v) is 11.9. The van der Waals surface area contributed by atoms with Gasteiger partial charge in [-0.3, -0.25) is 14.7 Å². The summed E-state index contributed by atoms with van der Waals surface area (Å²) in [6.45, 7) is 4.85. The third-order valence-corrected chi connectivity index (χ3v) is 5.73. The van der Waals surface area contributed by atoms with E-state index in [1.807, 2.05) is 10.3 Å². The maximum absolute atomic E-state index is 13.7. The van der Waals surface area contributed by atoms with Crippen molar-refractivity contribution in [1.82, 2.24) is 15.2 Å². The Bertz CT molecular complexity index is 1010. The summed E-state index contributed by atoms with van der Waals surface area (Å²) in [7, 11) is 0. The van der Waals surface area contributed by atoms with Gasteiger partial charge in [-0.15, -0.1) is 11.3 Å². The quantitative estimate of drug-likeness (QED) is 0.426. The fourth-order valence-corrected chi connectivity index (χ4v) is 4.17. The summed E-state index contributed by atoms with van der Waals surface area (Å²) in [5.74, 6) is 0.0615. The lowest BCUT2D eigenvalue weighted by Crippen LogP contribution is -2.58. The number of halogens is 3. The number of esters is 1. The van der Waals surface area contributed by atoms with Crippen LogP contribution in [0, 0.1) is 5.82 Å². The minimum absolute atomic E-state index is 0.209. The topological polar surface area (TPSA) is 104 Å². The molecule has 8 nitrogen and oxygen atoms in total. The van der Waals surface area contributed by atoms with E-state index < -0.39 is 5.67 Å². The Kier molecular flexibility index (Phi) is 10.7. The monoisotopic (exact) mass is 558 g/mol. The zero-order chi connectivity index (χ0) is 25.1. The molecule has 1 aromatic heterocycles. The lowest BCUT2D eigenvalue weighted by molar-refractivity contribution is -0.138. The standard InChI is InChI=1S/C15H19FN4O2S.C6H4BrF.CH2O2/c1-3-22-14(21)10-6-18-12(13-17-4-5-23-13)19-11(10)7-20-8-15(2,16)9-20;7-5-2-1-3-6(8)4-5;2-1-3/h4-5H,3,6-9H2,1-2H3,(H,18,19);1-4H;1H,(H,2,3). The summed E-state index contributed by atoms with van der Waals surface area (Å²) in [4.78, 5) is 31.1. The van der Waals surface area contributed by atoms with Gasteiger partial charge in [0.05, 0.1) is 18.7 Å². The number of carbonyl (C=O) groups excluding carboxylic acids is 1. The summed E-state index contributed by atoms with van der Waals surface area (Å²) in [5.41, 5.74) is 0.0738. The second-order valence-electron chi connectivity index (χ2n) is 7.41. The zero-order valence-corrected chi connectivity index (χ0v) is 21.0.